The molecular formula is C14H26N4S. The van der Waals surface area contributed by atoms with E-state index in [1.54, 1.807) is 18.4 Å². The van der Waals surface area contributed by atoms with Crippen LogP contribution in [0.4, 0.5) is 0 Å². The van der Waals surface area contributed by atoms with Gasteiger partial charge in [-0.3, -0.25) is 4.99 Å². The second-order valence-corrected chi connectivity index (χ2v) is 7.62. The lowest BCUT2D eigenvalue weighted by atomic mass is 9.93. The number of rotatable bonds is 2. The highest BCUT2D eigenvalue weighted by Crippen LogP contribution is 2.23. The highest BCUT2D eigenvalue weighted by molar-refractivity contribution is 7.09. The van der Waals surface area contributed by atoms with Crippen molar-refractivity contribution >= 4 is 17.3 Å². The smallest absolute Gasteiger partial charge is 0.191 e. The molecule has 4 nitrogen and oxygen atoms in total. The zero-order chi connectivity index (χ0) is 14.7. The Bertz CT molecular complexity index is 435. The predicted octanol–water partition coefficient (Wildman–Crippen LogP) is 2.90. The van der Waals surface area contributed by atoms with Crippen LogP contribution in [0.15, 0.2) is 10.4 Å². The third kappa shape index (κ3) is 5.59. The molecule has 0 aliphatic carbocycles. The van der Waals surface area contributed by atoms with Crippen molar-refractivity contribution < 1.29 is 0 Å². The monoisotopic (exact) mass is 282 g/mol. The SMILES string of the molecule is CN=C(NCc1nc(C(C)(C)C)cs1)NC(C)(C)C. The second-order valence-electron chi connectivity index (χ2n) is 6.68. The molecular weight excluding hydrogens is 256 g/mol. The minimum absolute atomic E-state index is 0.00128. The van der Waals surface area contributed by atoms with E-state index in [2.05, 4.69) is 67.5 Å². The van der Waals surface area contributed by atoms with E-state index in [4.69, 9.17) is 0 Å². The summed E-state index contributed by atoms with van der Waals surface area (Å²) in [5, 5.41) is 9.84. The molecule has 0 fully saturated rings. The van der Waals surface area contributed by atoms with E-state index in [1.165, 1.54) is 0 Å². The molecule has 2 N–H and O–H groups in total. The zero-order valence-electron chi connectivity index (χ0n) is 13.1. The summed E-state index contributed by atoms with van der Waals surface area (Å²) in [7, 11) is 1.78. The molecule has 1 aromatic rings. The summed E-state index contributed by atoms with van der Waals surface area (Å²) in [5.74, 6) is 0.806. The lowest BCUT2D eigenvalue weighted by Gasteiger charge is -2.23. The Morgan fingerprint density at radius 2 is 1.89 bits per heavy atom. The molecule has 0 saturated heterocycles. The standard InChI is InChI=1S/C14H26N4S/c1-13(2,3)10-9-19-11(17-10)8-16-12(15-7)18-14(4,5)6/h9H,8H2,1-7H3,(H2,15,16,18). The van der Waals surface area contributed by atoms with Crippen LogP contribution in [-0.2, 0) is 12.0 Å². The molecule has 0 bridgehead atoms. The first-order chi connectivity index (χ1) is 8.62. The Kier molecular flexibility index (Phi) is 4.96. The largest absolute Gasteiger partial charge is 0.352 e. The van der Waals surface area contributed by atoms with Gasteiger partial charge in [0.15, 0.2) is 5.96 Å². The van der Waals surface area contributed by atoms with Crippen molar-refractivity contribution in [3.05, 3.63) is 16.1 Å². The topological polar surface area (TPSA) is 49.3 Å². The first kappa shape index (κ1) is 16.0. The Hall–Kier alpha value is -1.10. The molecule has 0 amide bonds. The van der Waals surface area contributed by atoms with Crippen LogP contribution in [0, 0.1) is 0 Å². The molecule has 0 radical (unpaired) electrons. The molecule has 5 heteroatoms. The van der Waals surface area contributed by atoms with Gasteiger partial charge in [0.25, 0.3) is 0 Å². The number of hydrogen-bond acceptors (Lipinski definition) is 3. The molecule has 0 aliphatic rings. The van der Waals surface area contributed by atoms with Gasteiger partial charge in [-0.25, -0.2) is 4.98 Å². The summed E-state index contributed by atoms with van der Waals surface area (Å²) in [5.41, 5.74) is 1.26. The zero-order valence-corrected chi connectivity index (χ0v) is 13.9. The van der Waals surface area contributed by atoms with Crippen LogP contribution in [0.1, 0.15) is 52.2 Å². The predicted molar refractivity (Wildman–Crippen MR) is 83.9 cm³/mol. The van der Waals surface area contributed by atoms with Crippen molar-refractivity contribution in [3.8, 4) is 0 Å². The number of aliphatic imine (C=N–C) groups is 1. The summed E-state index contributed by atoms with van der Waals surface area (Å²) in [6, 6.07) is 0. The Balaban J connectivity index is 2.59. The van der Waals surface area contributed by atoms with Crippen molar-refractivity contribution in [1.29, 1.82) is 0 Å². The molecule has 108 valence electrons. The Morgan fingerprint density at radius 1 is 1.26 bits per heavy atom. The van der Waals surface area contributed by atoms with E-state index >= 15 is 0 Å². The van der Waals surface area contributed by atoms with Crippen molar-refractivity contribution in [2.45, 2.75) is 59.0 Å². The minimum Gasteiger partial charge on any atom is -0.352 e. The van der Waals surface area contributed by atoms with Crippen LogP contribution >= 0.6 is 11.3 Å². The van der Waals surface area contributed by atoms with Crippen LogP contribution in [0.2, 0.25) is 0 Å². The average Bonchev–Trinajstić information content (AvgIpc) is 2.70. The van der Waals surface area contributed by atoms with E-state index in [-0.39, 0.29) is 11.0 Å². The van der Waals surface area contributed by atoms with Crippen LogP contribution in [0.3, 0.4) is 0 Å². The number of guanidine groups is 1. The maximum atomic E-state index is 4.66. The van der Waals surface area contributed by atoms with Gasteiger partial charge in [-0.1, -0.05) is 20.8 Å². The normalized spacial score (nSPS) is 13.5. The lowest BCUT2D eigenvalue weighted by Crippen LogP contribution is -2.47. The lowest BCUT2D eigenvalue weighted by molar-refractivity contribution is 0.501. The van der Waals surface area contributed by atoms with E-state index in [0.29, 0.717) is 6.54 Å². The van der Waals surface area contributed by atoms with Crippen LogP contribution in [0.25, 0.3) is 0 Å². The number of nitrogens with zero attached hydrogens (tertiary/aromatic N) is 2. The van der Waals surface area contributed by atoms with Gasteiger partial charge >= 0.3 is 0 Å². The van der Waals surface area contributed by atoms with E-state index < -0.39 is 0 Å². The van der Waals surface area contributed by atoms with Crippen molar-refractivity contribution in [2.24, 2.45) is 4.99 Å². The Morgan fingerprint density at radius 3 is 2.32 bits per heavy atom. The highest BCUT2D eigenvalue weighted by Gasteiger charge is 2.17. The van der Waals surface area contributed by atoms with Gasteiger partial charge in [0.2, 0.25) is 0 Å². The van der Waals surface area contributed by atoms with Crippen molar-refractivity contribution in [3.63, 3.8) is 0 Å². The van der Waals surface area contributed by atoms with Gasteiger partial charge in [0.1, 0.15) is 5.01 Å². The first-order valence-corrected chi connectivity index (χ1v) is 7.43. The van der Waals surface area contributed by atoms with Crippen molar-refractivity contribution in [1.82, 2.24) is 15.6 Å². The van der Waals surface area contributed by atoms with Gasteiger partial charge in [0.05, 0.1) is 12.2 Å². The number of nitrogens with one attached hydrogen (secondary N) is 2. The molecule has 1 aromatic heterocycles. The van der Waals surface area contributed by atoms with Gasteiger partial charge in [-0.05, 0) is 20.8 Å². The maximum Gasteiger partial charge on any atom is 0.191 e. The number of hydrogen-bond donors (Lipinski definition) is 2. The minimum atomic E-state index is 0.00128. The molecule has 0 unspecified atom stereocenters. The van der Waals surface area contributed by atoms with Crippen LogP contribution < -0.4 is 10.6 Å². The van der Waals surface area contributed by atoms with Gasteiger partial charge < -0.3 is 10.6 Å². The molecule has 1 rings (SSSR count). The summed E-state index contributed by atoms with van der Waals surface area (Å²) in [4.78, 5) is 8.87. The molecule has 1 heterocycles. The molecule has 0 aliphatic heterocycles. The molecule has 0 atom stereocenters. The van der Waals surface area contributed by atoms with Crippen molar-refractivity contribution in [2.75, 3.05) is 7.05 Å². The van der Waals surface area contributed by atoms with Gasteiger partial charge in [0, 0.05) is 23.4 Å². The summed E-state index contributed by atoms with van der Waals surface area (Å²) >= 11 is 1.69. The van der Waals surface area contributed by atoms with Gasteiger partial charge in [-0.2, -0.15) is 0 Å². The maximum absolute atomic E-state index is 4.66. The number of thiazole rings is 1. The first-order valence-electron chi connectivity index (χ1n) is 6.55. The van der Waals surface area contributed by atoms with E-state index in [1.807, 2.05) is 0 Å². The average molecular weight is 282 g/mol. The molecule has 19 heavy (non-hydrogen) atoms. The molecule has 0 saturated carbocycles. The quantitative estimate of drug-likeness (QED) is 0.648. The molecule has 0 aromatic carbocycles. The van der Waals surface area contributed by atoms with Crippen LogP contribution in [0.5, 0.6) is 0 Å². The third-order valence-corrected chi connectivity index (χ3v) is 3.29. The fraction of sp³-hybridized carbons (Fsp3) is 0.714. The number of aromatic nitrogens is 1. The Labute approximate surface area is 120 Å². The second kappa shape index (κ2) is 5.90. The summed E-state index contributed by atoms with van der Waals surface area (Å²) < 4.78 is 0. The van der Waals surface area contributed by atoms with E-state index in [9.17, 15) is 0 Å². The fourth-order valence-corrected chi connectivity index (χ4v) is 2.39. The fourth-order valence-electron chi connectivity index (χ4n) is 1.43. The summed E-state index contributed by atoms with van der Waals surface area (Å²) in [6.07, 6.45) is 0. The highest BCUT2D eigenvalue weighted by atomic mass is 32.1. The third-order valence-electron chi connectivity index (χ3n) is 2.44. The van der Waals surface area contributed by atoms with Crippen LogP contribution in [-0.4, -0.2) is 23.5 Å². The van der Waals surface area contributed by atoms with E-state index in [0.717, 1.165) is 16.7 Å². The molecule has 0 spiro atoms. The van der Waals surface area contributed by atoms with Gasteiger partial charge in [-0.15, -0.1) is 11.3 Å². The summed E-state index contributed by atoms with van der Waals surface area (Å²) in [6.45, 7) is 13.6.